The summed E-state index contributed by atoms with van der Waals surface area (Å²) in [5, 5.41) is 6.30. The molecule has 0 saturated carbocycles. The van der Waals surface area contributed by atoms with Crippen molar-refractivity contribution in [2.45, 2.75) is 39.3 Å². The number of amides is 1. The molecule has 0 atom stereocenters. The molecule has 0 fully saturated rings. The molecule has 1 aromatic carbocycles. The minimum Gasteiger partial charge on any atom is -0.493 e. The fourth-order valence-corrected chi connectivity index (χ4v) is 2.36. The molecule has 0 unspecified atom stereocenters. The number of ether oxygens (including phenoxy) is 2. The number of rotatable bonds is 10. The summed E-state index contributed by atoms with van der Waals surface area (Å²) in [5.41, 5.74) is 0.700. The highest BCUT2D eigenvalue weighted by atomic mass is 16.5. The van der Waals surface area contributed by atoms with Crippen LogP contribution in [-0.2, 0) is 11.3 Å². The first-order chi connectivity index (χ1) is 11.7. The SMILES string of the molecule is COc1cccc(CNCCCN(C)C)c1OCC(=O)NC(C)(C)C. The van der Waals surface area contributed by atoms with Gasteiger partial charge in [-0.3, -0.25) is 4.79 Å². The smallest absolute Gasteiger partial charge is 0.258 e. The van der Waals surface area contributed by atoms with Gasteiger partial charge in [0.2, 0.25) is 0 Å². The topological polar surface area (TPSA) is 62.8 Å². The standard InChI is InChI=1S/C19H33N3O3/c1-19(2,3)21-17(23)14-25-18-15(9-7-10-16(18)24-6)13-20-11-8-12-22(4)5/h7,9-10,20H,8,11-14H2,1-6H3,(H,21,23). The van der Waals surface area contributed by atoms with Crippen LogP contribution in [0.15, 0.2) is 18.2 Å². The Kier molecular flexibility index (Phi) is 8.72. The van der Waals surface area contributed by atoms with E-state index in [0.717, 1.165) is 25.1 Å². The molecule has 0 heterocycles. The largest absolute Gasteiger partial charge is 0.493 e. The number of nitrogens with zero attached hydrogens (tertiary/aromatic N) is 1. The van der Waals surface area contributed by atoms with Crippen molar-refractivity contribution in [1.29, 1.82) is 0 Å². The van der Waals surface area contributed by atoms with Gasteiger partial charge in [-0.25, -0.2) is 0 Å². The summed E-state index contributed by atoms with van der Waals surface area (Å²) in [7, 11) is 5.74. The molecule has 0 bridgehead atoms. The Balaban J connectivity index is 2.65. The fourth-order valence-electron chi connectivity index (χ4n) is 2.36. The van der Waals surface area contributed by atoms with Crippen LogP contribution in [-0.4, -0.2) is 57.2 Å². The molecule has 0 aliphatic carbocycles. The molecule has 0 aliphatic rings. The van der Waals surface area contributed by atoms with Gasteiger partial charge in [0.1, 0.15) is 0 Å². The van der Waals surface area contributed by atoms with E-state index in [0.29, 0.717) is 18.0 Å². The van der Waals surface area contributed by atoms with Crippen LogP contribution < -0.4 is 20.1 Å². The van der Waals surface area contributed by atoms with E-state index in [9.17, 15) is 4.79 Å². The fraction of sp³-hybridized carbons (Fsp3) is 0.632. The molecule has 6 heteroatoms. The third-order valence-electron chi connectivity index (χ3n) is 3.42. The monoisotopic (exact) mass is 351 g/mol. The molecule has 0 radical (unpaired) electrons. The number of carbonyl (C=O) groups is 1. The molecule has 0 spiro atoms. The van der Waals surface area contributed by atoms with Crippen molar-refractivity contribution < 1.29 is 14.3 Å². The summed E-state index contributed by atoms with van der Waals surface area (Å²) in [5.74, 6) is 1.11. The van der Waals surface area contributed by atoms with Crippen LogP contribution in [0.25, 0.3) is 0 Å². The Bertz CT molecular complexity index is 539. The molecule has 0 aliphatic heterocycles. The van der Waals surface area contributed by atoms with E-state index in [1.807, 2.05) is 39.0 Å². The van der Waals surface area contributed by atoms with Crippen LogP contribution in [0.3, 0.4) is 0 Å². The maximum absolute atomic E-state index is 12.0. The second-order valence-corrected chi connectivity index (χ2v) is 7.37. The summed E-state index contributed by atoms with van der Waals surface area (Å²) >= 11 is 0. The van der Waals surface area contributed by atoms with Gasteiger partial charge in [-0.1, -0.05) is 12.1 Å². The number of methoxy groups -OCH3 is 1. The summed E-state index contributed by atoms with van der Waals surface area (Å²) in [4.78, 5) is 14.2. The van der Waals surface area contributed by atoms with Gasteiger partial charge in [-0.2, -0.15) is 0 Å². The molecule has 0 aromatic heterocycles. The van der Waals surface area contributed by atoms with Crippen molar-refractivity contribution >= 4 is 5.91 Å². The highest BCUT2D eigenvalue weighted by molar-refractivity contribution is 5.78. The van der Waals surface area contributed by atoms with Crippen LogP contribution in [0.5, 0.6) is 11.5 Å². The molecule has 25 heavy (non-hydrogen) atoms. The van der Waals surface area contributed by atoms with Crippen LogP contribution in [0.4, 0.5) is 0 Å². The Labute approximate surface area is 151 Å². The summed E-state index contributed by atoms with van der Waals surface area (Å²) in [6.07, 6.45) is 1.07. The minimum absolute atomic E-state index is 0.0364. The van der Waals surface area contributed by atoms with Gasteiger partial charge >= 0.3 is 0 Å². The highest BCUT2D eigenvalue weighted by Gasteiger charge is 2.16. The van der Waals surface area contributed by atoms with Crippen molar-refractivity contribution in [3.05, 3.63) is 23.8 Å². The Morgan fingerprint density at radius 2 is 1.96 bits per heavy atom. The molecule has 6 nitrogen and oxygen atoms in total. The second-order valence-electron chi connectivity index (χ2n) is 7.37. The normalized spacial score (nSPS) is 11.5. The molecule has 2 N–H and O–H groups in total. The zero-order chi connectivity index (χ0) is 18.9. The third-order valence-corrected chi connectivity index (χ3v) is 3.42. The average molecular weight is 351 g/mol. The third kappa shape index (κ3) is 8.74. The van der Waals surface area contributed by atoms with E-state index in [4.69, 9.17) is 9.47 Å². The minimum atomic E-state index is -0.280. The van der Waals surface area contributed by atoms with Crippen LogP contribution in [0.1, 0.15) is 32.8 Å². The van der Waals surface area contributed by atoms with Crippen LogP contribution in [0, 0.1) is 0 Å². The van der Waals surface area contributed by atoms with E-state index >= 15 is 0 Å². The van der Waals surface area contributed by atoms with Crippen molar-refractivity contribution in [3.8, 4) is 11.5 Å². The summed E-state index contributed by atoms with van der Waals surface area (Å²) in [6.45, 7) is 8.41. The maximum Gasteiger partial charge on any atom is 0.258 e. The van der Waals surface area contributed by atoms with E-state index in [-0.39, 0.29) is 18.1 Å². The van der Waals surface area contributed by atoms with Gasteiger partial charge in [-0.15, -0.1) is 0 Å². The van der Waals surface area contributed by atoms with Crippen LogP contribution >= 0.6 is 0 Å². The van der Waals surface area contributed by atoms with Gasteiger partial charge in [0.15, 0.2) is 18.1 Å². The zero-order valence-electron chi connectivity index (χ0n) is 16.4. The molecule has 142 valence electrons. The van der Waals surface area contributed by atoms with E-state index in [2.05, 4.69) is 29.6 Å². The first-order valence-electron chi connectivity index (χ1n) is 8.68. The molecule has 0 saturated heterocycles. The lowest BCUT2D eigenvalue weighted by molar-refractivity contribution is -0.124. The van der Waals surface area contributed by atoms with Crippen molar-refractivity contribution in [2.24, 2.45) is 0 Å². The molecule has 1 rings (SSSR count). The lowest BCUT2D eigenvalue weighted by atomic mass is 10.1. The van der Waals surface area contributed by atoms with Crippen molar-refractivity contribution in [2.75, 3.05) is 40.9 Å². The van der Waals surface area contributed by atoms with Gasteiger partial charge in [0.05, 0.1) is 7.11 Å². The predicted molar refractivity (Wildman–Crippen MR) is 101 cm³/mol. The van der Waals surface area contributed by atoms with Gasteiger partial charge in [-0.05, 0) is 60.4 Å². The maximum atomic E-state index is 12.0. The Morgan fingerprint density at radius 3 is 2.56 bits per heavy atom. The number of carbonyl (C=O) groups excluding carboxylic acids is 1. The van der Waals surface area contributed by atoms with Gasteiger partial charge in [0.25, 0.3) is 5.91 Å². The summed E-state index contributed by atoms with van der Waals surface area (Å²) < 4.78 is 11.2. The first kappa shape index (κ1) is 21.3. The summed E-state index contributed by atoms with van der Waals surface area (Å²) in [6, 6.07) is 5.75. The molecule has 1 aromatic rings. The average Bonchev–Trinajstić information content (AvgIpc) is 2.50. The zero-order valence-corrected chi connectivity index (χ0v) is 16.4. The van der Waals surface area contributed by atoms with E-state index in [1.54, 1.807) is 7.11 Å². The highest BCUT2D eigenvalue weighted by Crippen LogP contribution is 2.31. The van der Waals surface area contributed by atoms with Crippen LogP contribution in [0.2, 0.25) is 0 Å². The predicted octanol–water partition coefficient (Wildman–Crippen LogP) is 2.03. The first-order valence-corrected chi connectivity index (χ1v) is 8.68. The quantitative estimate of drug-likeness (QED) is 0.632. The molecule has 1 amide bonds. The second kappa shape index (κ2) is 10.3. The Morgan fingerprint density at radius 1 is 1.24 bits per heavy atom. The lowest BCUT2D eigenvalue weighted by Gasteiger charge is -2.21. The lowest BCUT2D eigenvalue weighted by Crippen LogP contribution is -2.43. The van der Waals surface area contributed by atoms with Gasteiger partial charge in [0, 0.05) is 17.6 Å². The molecular formula is C19H33N3O3. The number of hydrogen-bond donors (Lipinski definition) is 2. The number of para-hydroxylation sites is 1. The van der Waals surface area contributed by atoms with Gasteiger partial charge < -0.3 is 25.0 Å². The number of hydrogen-bond acceptors (Lipinski definition) is 5. The molecular weight excluding hydrogens is 318 g/mol. The Hall–Kier alpha value is -1.79. The number of benzene rings is 1. The van der Waals surface area contributed by atoms with E-state index in [1.165, 1.54) is 0 Å². The van der Waals surface area contributed by atoms with Crippen molar-refractivity contribution in [1.82, 2.24) is 15.5 Å². The van der Waals surface area contributed by atoms with Crippen molar-refractivity contribution in [3.63, 3.8) is 0 Å². The number of nitrogens with one attached hydrogen (secondary N) is 2. The van der Waals surface area contributed by atoms with E-state index < -0.39 is 0 Å².